The Labute approximate surface area is 114 Å². The van der Waals surface area contributed by atoms with Gasteiger partial charge < -0.3 is 10.2 Å². The van der Waals surface area contributed by atoms with Crippen molar-refractivity contribution >= 4 is 15.7 Å². The lowest BCUT2D eigenvalue weighted by Gasteiger charge is -2.11. The van der Waals surface area contributed by atoms with Crippen LogP contribution in [0.15, 0.2) is 17.0 Å². The normalized spacial score (nSPS) is 13.2. The SMILES string of the molecule is Cc1cc(F)c([N+](=O)[O-])cc1S(=O)(=O)NCC(O)CO. The fourth-order valence-corrected chi connectivity index (χ4v) is 2.74. The first-order valence-corrected chi connectivity index (χ1v) is 6.90. The molecule has 1 atom stereocenters. The molecule has 0 spiro atoms. The third-order valence-electron chi connectivity index (χ3n) is 2.45. The summed E-state index contributed by atoms with van der Waals surface area (Å²) in [5.74, 6) is -1.14. The first kappa shape index (κ1) is 16.4. The van der Waals surface area contributed by atoms with Crippen LogP contribution in [0.3, 0.4) is 0 Å². The van der Waals surface area contributed by atoms with Crippen LogP contribution >= 0.6 is 0 Å². The van der Waals surface area contributed by atoms with E-state index in [9.17, 15) is 22.9 Å². The Bertz CT molecular complexity index is 618. The Kier molecular flexibility index (Phi) is 5.11. The van der Waals surface area contributed by atoms with Crippen molar-refractivity contribution in [1.82, 2.24) is 4.72 Å². The zero-order valence-electron chi connectivity index (χ0n) is 10.4. The Hall–Kier alpha value is -1.62. The molecular weight excluding hydrogens is 295 g/mol. The van der Waals surface area contributed by atoms with Crippen LogP contribution < -0.4 is 4.72 Å². The van der Waals surface area contributed by atoms with Gasteiger partial charge in [-0.1, -0.05) is 0 Å². The van der Waals surface area contributed by atoms with E-state index in [1.54, 1.807) is 0 Å². The second kappa shape index (κ2) is 6.22. The van der Waals surface area contributed by atoms with Crippen molar-refractivity contribution < 1.29 is 27.9 Å². The fourth-order valence-electron chi connectivity index (χ4n) is 1.42. The second-order valence-electron chi connectivity index (χ2n) is 4.01. The van der Waals surface area contributed by atoms with Gasteiger partial charge in [-0.3, -0.25) is 10.1 Å². The van der Waals surface area contributed by atoms with Gasteiger partial charge in [0.25, 0.3) is 0 Å². The summed E-state index contributed by atoms with van der Waals surface area (Å²) >= 11 is 0. The van der Waals surface area contributed by atoms with E-state index in [-0.39, 0.29) is 5.56 Å². The number of nitrogens with zero attached hydrogens (tertiary/aromatic N) is 1. The number of rotatable bonds is 6. The maximum absolute atomic E-state index is 13.3. The van der Waals surface area contributed by atoms with Gasteiger partial charge in [0, 0.05) is 12.6 Å². The van der Waals surface area contributed by atoms with Crippen LogP contribution in [0.2, 0.25) is 0 Å². The van der Waals surface area contributed by atoms with Gasteiger partial charge in [-0.25, -0.2) is 13.1 Å². The molecule has 0 saturated carbocycles. The van der Waals surface area contributed by atoms with E-state index >= 15 is 0 Å². The number of halogens is 1. The third-order valence-corrected chi connectivity index (χ3v) is 4.02. The van der Waals surface area contributed by atoms with Crippen molar-refractivity contribution in [1.29, 1.82) is 0 Å². The summed E-state index contributed by atoms with van der Waals surface area (Å²) in [5, 5.41) is 28.3. The molecule has 0 radical (unpaired) electrons. The van der Waals surface area contributed by atoms with E-state index < -0.39 is 50.6 Å². The number of hydrogen-bond donors (Lipinski definition) is 3. The van der Waals surface area contributed by atoms with Gasteiger partial charge in [-0.15, -0.1) is 0 Å². The minimum atomic E-state index is -4.16. The number of aliphatic hydroxyl groups excluding tert-OH is 2. The molecule has 0 aromatic heterocycles. The molecule has 0 heterocycles. The van der Waals surface area contributed by atoms with Crippen LogP contribution in [0.1, 0.15) is 5.56 Å². The molecule has 0 bridgehead atoms. The van der Waals surface area contributed by atoms with E-state index in [1.807, 2.05) is 4.72 Å². The highest BCUT2D eigenvalue weighted by Crippen LogP contribution is 2.25. The molecule has 0 aliphatic rings. The third kappa shape index (κ3) is 3.70. The number of aryl methyl sites for hydroxylation is 1. The predicted molar refractivity (Wildman–Crippen MR) is 66.1 cm³/mol. The molecule has 1 aromatic rings. The van der Waals surface area contributed by atoms with Crippen LogP contribution in [0.4, 0.5) is 10.1 Å². The number of benzene rings is 1. The minimum Gasteiger partial charge on any atom is -0.394 e. The fraction of sp³-hybridized carbons (Fsp3) is 0.400. The molecule has 0 aliphatic heterocycles. The zero-order valence-corrected chi connectivity index (χ0v) is 11.2. The van der Waals surface area contributed by atoms with Gasteiger partial charge in [0.15, 0.2) is 0 Å². The highest BCUT2D eigenvalue weighted by atomic mass is 32.2. The van der Waals surface area contributed by atoms with Crippen LogP contribution in [-0.2, 0) is 10.0 Å². The summed E-state index contributed by atoms with van der Waals surface area (Å²) < 4.78 is 39.1. The Balaban J connectivity index is 3.18. The summed E-state index contributed by atoms with van der Waals surface area (Å²) in [6.45, 7) is 0.165. The van der Waals surface area contributed by atoms with Crippen molar-refractivity contribution in [2.45, 2.75) is 17.9 Å². The number of nitro groups is 1. The van der Waals surface area contributed by atoms with E-state index in [0.29, 0.717) is 6.07 Å². The van der Waals surface area contributed by atoms with Crippen molar-refractivity contribution in [3.8, 4) is 0 Å². The molecule has 3 N–H and O–H groups in total. The predicted octanol–water partition coefficient (Wildman–Crippen LogP) is -0.326. The van der Waals surface area contributed by atoms with E-state index in [2.05, 4.69) is 0 Å². The molecular formula is C10H13FN2O6S. The van der Waals surface area contributed by atoms with Gasteiger partial charge in [0.1, 0.15) is 0 Å². The van der Waals surface area contributed by atoms with Gasteiger partial charge in [-0.05, 0) is 18.6 Å². The smallest absolute Gasteiger partial charge is 0.306 e. The first-order chi connectivity index (χ1) is 9.19. The monoisotopic (exact) mass is 308 g/mol. The lowest BCUT2D eigenvalue weighted by Crippen LogP contribution is -2.34. The van der Waals surface area contributed by atoms with Crippen LogP contribution in [-0.4, -0.2) is 42.8 Å². The van der Waals surface area contributed by atoms with Crippen LogP contribution in [0, 0.1) is 22.9 Å². The second-order valence-corrected chi connectivity index (χ2v) is 5.75. The Morgan fingerprint density at radius 3 is 2.60 bits per heavy atom. The number of sulfonamides is 1. The highest BCUT2D eigenvalue weighted by Gasteiger charge is 2.24. The van der Waals surface area contributed by atoms with E-state index in [4.69, 9.17) is 10.2 Å². The van der Waals surface area contributed by atoms with E-state index in [0.717, 1.165) is 6.07 Å². The van der Waals surface area contributed by atoms with Crippen molar-refractivity contribution in [2.24, 2.45) is 0 Å². The number of aliphatic hydroxyl groups is 2. The van der Waals surface area contributed by atoms with Crippen LogP contribution in [0.25, 0.3) is 0 Å². The van der Waals surface area contributed by atoms with Crippen molar-refractivity contribution in [3.05, 3.63) is 33.6 Å². The van der Waals surface area contributed by atoms with Crippen molar-refractivity contribution in [3.63, 3.8) is 0 Å². The number of nitrogens with one attached hydrogen (secondary N) is 1. The summed E-state index contributed by atoms with van der Waals surface area (Å²) in [6, 6.07) is 1.35. The average molecular weight is 308 g/mol. The lowest BCUT2D eigenvalue weighted by molar-refractivity contribution is -0.387. The molecule has 20 heavy (non-hydrogen) atoms. The molecule has 0 saturated heterocycles. The summed E-state index contributed by atoms with van der Waals surface area (Å²) in [7, 11) is -4.16. The maximum atomic E-state index is 13.3. The molecule has 0 fully saturated rings. The Morgan fingerprint density at radius 2 is 2.10 bits per heavy atom. The summed E-state index contributed by atoms with van der Waals surface area (Å²) in [5.41, 5.74) is -0.974. The van der Waals surface area contributed by atoms with Gasteiger partial charge in [0.05, 0.1) is 22.5 Å². The summed E-state index contributed by atoms with van der Waals surface area (Å²) in [6.07, 6.45) is -1.31. The average Bonchev–Trinajstić information content (AvgIpc) is 2.35. The highest BCUT2D eigenvalue weighted by molar-refractivity contribution is 7.89. The Morgan fingerprint density at radius 1 is 1.50 bits per heavy atom. The summed E-state index contributed by atoms with van der Waals surface area (Å²) in [4.78, 5) is 9.11. The standard InChI is InChI=1S/C10H13FN2O6S/c1-6-2-8(11)9(13(16)17)3-10(6)20(18,19)12-4-7(15)5-14/h2-3,7,12,14-15H,4-5H2,1H3. The van der Waals surface area contributed by atoms with Gasteiger partial charge >= 0.3 is 5.69 Å². The maximum Gasteiger partial charge on any atom is 0.306 e. The molecule has 0 aliphatic carbocycles. The van der Waals surface area contributed by atoms with Gasteiger partial charge in [0.2, 0.25) is 15.8 Å². The molecule has 10 heteroatoms. The van der Waals surface area contributed by atoms with Crippen LogP contribution in [0.5, 0.6) is 0 Å². The quantitative estimate of drug-likeness (QED) is 0.487. The lowest BCUT2D eigenvalue weighted by atomic mass is 10.2. The van der Waals surface area contributed by atoms with Gasteiger partial charge in [-0.2, -0.15) is 4.39 Å². The number of hydrogen-bond acceptors (Lipinski definition) is 6. The molecule has 1 rings (SSSR count). The molecule has 8 nitrogen and oxygen atoms in total. The minimum absolute atomic E-state index is 0.0147. The largest absolute Gasteiger partial charge is 0.394 e. The molecule has 0 amide bonds. The number of nitro benzene ring substituents is 1. The first-order valence-electron chi connectivity index (χ1n) is 5.42. The molecule has 1 unspecified atom stereocenters. The topological polar surface area (TPSA) is 130 Å². The zero-order chi connectivity index (χ0) is 15.5. The van der Waals surface area contributed by atoms with E-state index in [1.165, 1.54) is 6.92 Å². The molecule has 112 valence electrons. The molecule has 1 aromatic carbocycles. The van der Waals surface area contributed by atoms with Crippen molar-refractivity contribution in [2.75, 3.05) is 13.2 Å².